The van der Waals surface area contributed by atoms with Crippen molar-refractivity contribution >= 4 is 5.78 Å². The Morgan fingerprint density at radius 3 is 2.41 bits per heavy atom. The fourth-order valence-corrected chi connectivity index (χ4v) is 2.40. The summed E-state index contributed by atoms with van der Waals surface area (Å²) in [7, 11) is 0. The molecule has 0 aromatic heterocycles. The number of hydrogen-bond acceptors (Lipinski definition) is 2. The number of ketones is 1. The number of rotatable bonds is 3. The van der Waals surface area contributed by atoms with Gasteiger partial charge in [-0.05, 0) is 44.7 Å². The summed E-state index contributed by atoms with van der Waals surface area (Å²) < 4.78 is 6.01. The highest BCUT2D eigenvalue weighted by Crippen LogP contribution is 2.25. The van der Waals surface area contributed by atoms with E-state index >= 15 is 0 Å². The fraction of sp³-hybridized carbons (Fsp3) is 0.533. The van der Waals surface area contributed by atoms with Gasteiger partial charge < -0.3 is 4.74 Å². The Balaban J connectivity index is 2.09. The van der Waals surface area contributed by atoms with Gasteiger partial charge >= 0.3 is 0 Å². The van der Waals surface area contributed by atoms with Crippen molar-refractivity contribution in [3.8, 4) is 5.75 Å². The molecule has 2 rings (SSSR count). The van der Waals surface area contributed by atoms with Crippen LogP contribution in [-0.2, 0) is 0 Å². The normalized spacial score (nSPS) is 17.5. The fourth-order valence-electron chi connectivity index (χ4n) is 2.40. The molecule has 0 spiro atoms. The van der Waals surface area contributed by atoms with Crippen LogP contribution in [0.25, 0.3) is 0 Å². The van der Waals surface area contributed by atoms with Crippen LogP contribution in [0, 0.1) is 0 Å². The van der Waals surface area contributed by atoms with E-state index in [0.29, 0.717) is 5.56 Å². The number of hydrogen-bond donors (Lipinski definition) is 0. The summed E-state index contributed by atoms with van der Waals surface area (Å²) in [4.78, 5) is 11.5. The van der Waals surface area contributed by atoms with Crippen LogP contribution < -0.4 is 4.74 Å². The summed E-state index contributed by atoms with van der Waals surface area (Å²) in [6.07, 6.45) is 7.64. The minimum absolute atomic E-state index is 0.0780. The van der Waals surface area contributed by atoms with Gasteiger partial charge in [0, 0.05) is 0 Å². The zero-order valence-corrected chi connectivity index (χ0v) is 10.4. The molecule has 1 aliphatic carbocycles. The second kappa shape index (κ2) is 5.85. The maximum absolute atomic E-state index is 11.5. The molecule has 0 saturated heterocycles. The maximum atomic E-state index is 11.5. The Hall–Kier alpha value is -1.31. The highest BCUT2D eigenvalue weighted by molar-refractivity contribution is 5.96. The number of Topliss-reactive ketones (excluding diaryl/α,β-unsaturated/α-hetero) is 1. The Morgan fingerprint density at radius 2 is 1.76 bits per heavy atom. The van der Waals surface area contributed by atoms with Crippen LogP contribution in [0.5, 0.6) is 5.75 Å². The molecule has 1 aromatic carbocycles. The van der Waals surface area contributed by atoms with Gasteiger partial charge in [0.1, 0.15) is 5.75 Å². The quantitative estimate of drug-likeness (QED) is 0.582. The van der Waals surface area contributed by atoms with Crippen molar-refractivity contribution in [2.75, 3.05) is 0 Å². The Morgan fingerprint density at radius 1 is 1.12 bits per heavy atom. The average molecular weight is 232 g/mol. The number of para-hydroxylation sites is 1. The van der Waals surface area contributed by atoms with Gasteiger partial charge in [-0.15, -0.1) is 0 Å². The molecule has 0 radical (unpaired) electrons. The van der Waals surface area contributed by atoms with Gasteiger partial charge in [0.25, 0.3) is 0 Å². The maximum Gasteiger partial charge on any atom is 0.163 e. The van der Waals surface area contributed by atoms with Crippen LogP contribution in [0.1, 0.15) is 55.8 Å². The van der Waals surface area contributed by atoms with Crippen LogP contribution in [-0.4, -0.2) is 11.9 Å². The smallest absolute Gasteiger partial charge is 0.163 e. The van der Waals surface area contributed by atoms with E-state index in [1.54, 1.807) is 6.92 Å². The predicted molar refractivity (Wildman–Crippen MR) is 68.6 cm³/mol. The molecule has 92 valence electrons. The van der Waals surface area contributed by atoms with Gasteiger partial charge in [0.15, 0.2) is 5.78 Å². The third-order valence-corrected chi connectivity index (χ3v) is 3.36. The van der Waals surface area contributed by atoms with Gasteiger partial charge in [0.2, 0.25) is 0 Å². The van der Waals surface area contributed by atoms with Crippen LogP contribution >= 0.6 is 0 Å². The molecule has 0 aliphatic heterocycles. The molecule has 1 aliphatic rings. The van der Waals surface area contributed by atoms with E-state index in [4.69, 9.17) is 4.74 Å². The second-order valence-corrected chi connectivity index (χ2v) is 4.78. The van der Waals surface area contributed by atoms with Crippen LogP contribution in [0.3, 0.4) is 0 Å². The lowest BCUT2D eigenvalue weighted by Crippen LogP contribution is -2.16. The number of benzene rings is 1. The molecular formula is C15H20O2. The van der Waals surface area contributed by atoms with Gasteiger partial charge in [-0.25, -0.2) is 0 Å². The monoisotopic (exact) mass is 232 g/mol. The molecule has 0 heterocycles. The molecule has 1 saturated carbocycles. The molecule has 1 aromatic rings. The van der Waals surface area contributed by atoms with Crippen molar-refractivity contribution in [3.05, 3.63) is 29.8 Å². The minimum atomic E-state index is 0.0780. The van der Waals surface area contributed by atoms with Gasteiger partial charge in [-0.3, -0.25) is 4.79 Å². The lowest BCUT2D eigenvalue weighted by atomic mass is 10.1. The van der Waals surface area contributed by atoms with Crippen molar-refractivity contribution in [1.82, 2.24) is 0 Å². The summed E-state index contributed by atoms with van der Waals surface area (Å²) in [6, 6.07) is 7.56. The topological polar surface area (TPSA) is 26.3 Å². The van der Waals surface area contributed by atoms with E-state index in [0.717, 1.165) is 18.6 Å². The zero-order chi connectivity index (χ0) is 12.1. The summed E-state index contributed by atoms with van der Waals surface area (Å²) >= 11 is 0. The minimum Gasteiger partial charge on any atom is -0.490 e. The number of carbonyl (C=O) groups is 1. The summed E-state index contributed by atoms with van der Waals surface area (Å²) in [6.45, 7) is 1.59. The van der Waals surface area contributed by atoms with Crippen LogP contribution in [0.15, 0.2) is 24.3 Å². The summed E-state index contributed by atoms with van der Waals surface area (Å²) in [5.74, 6) is 0.834. The molecule has 1 fully saturated rings. The first-order valence-electron chi connectivity index (χ1n) is 6.54. The summed E-state index contributed by atoms with van der Waals surface area (Å²) in [5, 5.41) is 0. The Labute approximate surface area is 103 Å². The van der Waals surface area contributed by atoms with E-state index in [1.807, 2.05) is 24.3 Å². The van der Waals surface area contributed by atoms with Crippen molar-refractivity contribution in [2.24, 2.45) is 0 Å². The van der Waals surface area contributed by atoms with Crippen molar-refractivity contribution in [3.63, 3.8) is 0 Å². The van der Waals surface area contributed by atoms with Crippen LogP contribution in [0.4, 0.5) is 0 Å². The lowest BCUT2D eigenvalue weighted by molar-refractivity contribution is 0.100. The van der Waals surface area contributed by atoms with E-state index in [9.17, 15) is 4.79 Å². The van der Waals surface area contributed by atoms with Gasteiger partial charge in [0.05, 0.1) is 11.7 Å². The molecule has 0 bridgehead atoms. The molecule has 0 atom stereocenters. The van der Waals surface area contributed by atoms with Crippen molar-refractivity contribution in [2.45, 2.75) is 51.6 Å². The third-order valence-electron chi connectivity index (χ3n) is 3.36. The zero-order valence-electron chi connectivity index (χ0n) is 10.4. The Kier molecular flexibility index (Phi) is 4.18. The first-order chi connectivity index (χ1) is 8.27. The van der Waals surface area contributed by atoms with E-state index in [2.05, 4.69) is 0 Å². The molecule has 0 amide bonds. The average Bonchev–Trinajstić information content (AvgIpc) is 2.58. The predicted octanol–water partition coefficient (Wildman–Crippen LogP) is 3.99. The molecule has 2 heteroatoms. The number of ether oxygens (including phenoxy) is 1. The molecule has 0 unspecified atom stereocenters. The Bertz CT molecular complexity index is 376. The lowest BCUT2D eigenvalue weighted by Gasteiger charge is -2.18. The standard InChI is InChI=1S/C15H20O2/c1-12(16)14-10-6-7-11-15(14)17-13-8-4-2-3-5-9-13/h6-7,10-11,13H,2-5,8-9H2,1H3. The van der Waals surface area contributed by atoms with Crippen molar-refractivity contribution in [1.29, 1.82) is 0 Å². The highest BCUT2D eigenvalue weighted by atomic mass is 16.5. The summed E-state index contributed by atoms with van der Waals surface area (Å²) in [5.41, 5.74) is 0.705. The highest BCUT2D eigenvalue weighted by Gasteiger charge is 2.16. The number of carbonyl (C=O) groups excluding carboxylic acids is 1. The third kappa shape index (κ3) is 3.32. The van der Waals surface area contributed by atoms with Gasteiger partial charge in [-0.2, -0.15) is 0 Å². The molecule has 17 heavy (non-hydrogen) atoms. The second-order valence-electron chi connectivity index (χ2n) is 4.78. The van der Waals surface area contributed by atoms with E-state index in [1.165, 1.54) is 25.7 Å². The van der Waals surface area contributed by atoms with E-state index in [-0.39, 0.29) is 11.9 Å². The van der Waals surface area contributed by atoms with E-state index < -0.39 is 0 Å². The molecular weight excluding hydrogens is 212 g/mol. The molecule has 2 nitrogen and oxygen atoms in total. The van der Waals surface area contributed by atoms with Gasteiger partial charge in [-0.1, -0.05) is 25.0 Å². The molecule has 0 N–H and O–H groups in total. The first kappa shape index (κ1) is 12.2. The van der Waals surface area contributed by atoms with Crippen molar-refractivity contribution < 1.29 is 9.53 Å². The SMILES string of the molecule is CC(=O)c1ccccc1OC1CCCCCC1. The van der Waals surface area contributed by atoms with Crippen LogP contribution in [0.2, 0.25) is 0 Å². The first-order valence-corrected chi connectivity index (χ1v) is 6.54. The largest absolute Gasteiger partial charge is 0.490 e.